The van der Waals surface area contributed by atoms with Crippen LogP contribution in [-0.4, -0.2) is 11.7 Å². The summed E-state index contributed by atoms with van der Waals surface area (Å²) in [6.45, 7) is 6.14. The van der Waals surface area contributed by atoms with E-state index < -0.39 is 0 Å². The second kappa shape index (κ2) is 6.32. The molecule has 0 atom stereocenters. The topological polar surface area (TPSA) is 26.2 Å². The predicted molar refractivity (Wildman–Crippen MR) is 79.8 cm³/mol. The largest absolute Gasteiger partial charge is 0.495 e. The van der Waals surface area contributed by atoms with Crippen molar-refractivity contribution in [3.63, 3.8) is 0 Å². The number of nitrogens with zero attached hydrogens (tertiary/aromatic N) is 1. The normalized spacial score (nSPS) is 10.5. The SMILES string of the molecule is CCCn1cccc1CNc1ccc(C)cc1OC. The zero-order chi connectivity index (χ0) is 13.7. The second-order valence-corrected chi connectivity index (χ2v) is 4.75. The van der Waals surface area contributed by atoms with E-state index in [2.05, 4.69) is 54.2 Å². The molecule has 0 fully saturated rings. The van der Waals surface area contributed by atoms with Crippen LogP contribution >= 0.6 is 0 Å². The molecule has 102 valence electrons. The Morgan fingerprint density at radius 2 is 2.11 bits per heavy atom. The van der Waals surface area contributed by atoms with E-state index in [9.17, 15) is 0 Å². The van der Waals surface area contributed by atoms with Crippen LogP contribution in [0, 0.1) is 6.92 Å². The quantitative estimate of drug-likeness (QED) is 0.852. The molecule has 0 amide bonds. The molecule has 1 aromatic carbocycles. The number of ether oxygens (including phenoxy) is 1. The lowest BCUT2D eigenvalue weighted by Gasteiger charge is -2.13. The minimum atomic E-state index is 0.812. The van der Waals surface area contributed by atoms with E-state index in [1.807, 2.05) is 6.07 Å². The van der Waals surface area contributed by atoms with Gasteiger partial charge >= 0.3 is 0 Å². The van der Waals surface area contributed by atoms with Gasteiger partial charge in [0.15, 0.2) is 0 Å². The number of nitrogens with one attached hydrogen (secondary N) is 1. The molecule has 0 spiro atoms. The fourth-order valence-corrected chi connectivity index (χ4v) is 2.20. The van der Waals surface area contributed by atoms with Crippen LogP contribution in [0.3, 0.4) is 0 Å². The standard InChI is InChI=1S/C16H22N2O/c1-4-9-18-10-5-6-14(18)12-17-15-8-7-13(2)11-16(15)19-3/h5-8,10-11,17H,4,9,12H2,1-3H3. The fraction of sp³-hybridized carbons (Fsp3) is 0.375. The van der Waals surface area contributed by atoms with E-state index in [1.54, 1.807) is 7.11 Å². The Labute approximate surface area is 115 Å². The number of benzene rings is 1. The fourth-order valence-electron chi connectivity index (χ4n) is 2.20. The van der Waals surface area contributed by atoms with E-state index in [1.165, 1.54) is 11.3 Å². The molecular formula is C16H22N2O. The van der Waals surface area contributed by atoms with Crippen molar-refractivity contribution in [3.8, 4) is 5.75 Å². The summed E-state index contributed by atoms with van der Waals surface area (Å²) in [5.41, 5.74) is 3.54. The Balaban J connectivity index is 2.07. The maximum absolute atomic E-state index is 5.40. The molecule has 3 nitrogen and oxygen atoms in total. The third kappa shape index (κ3) is 3.31. The molecule has 3 heteroatoms. The van der Waals surface area contributed by atoms with Crippen LogP contribution in [0.2, 0.25) is 0 Å². The highest BCUT2D eigenvalue weighted by atomic mass is 16.5. The van der Waals surface area contributed by atoms with Crippen LogP contribution in [0.15, 0.2) is 36.5 Å². The van der Waals surface area contributed by atoms with Gasteiger partial charge in [-0.2, -0.15) is 0 Å². The first-order valence-corrected chi connectivity index (χ1v) is 6.77. The van der Waals surface area contributed by atoms with Crippen molar-refractivity contribution < 1.29 is 4.74 Å². The molecule has 19 heavy (non-hydrogen) atoms. The van der Waals surface area contributed by atoms with Crippen molar-refractivity contribution in [2.24, 2.45) is 0 Å². The van der Waals surface area contributed by atoms with Crippen LogP contribution in [-0.2, 0) is 13.1 Å². The van der Waals surface area contributed by atoms with Crippen molar-refractivity contribution in [3.05, 3.63) is 47.8 Å². The maximum atomic E-state index is 5.40. The van der Waals surface area contributed by atoms with E-state index >= 15 is 0 Å². The van der Waals surface area contributed by atoms with Crippen LogP contribution in [0.5, 0.6) is 5.75 Å². The lowest BCUT2D eigenvalue weighted by Crippen LogP contribution is -2.07. The van der Waals surface area contributed by atoms with Crippen molar-refractivity contribution in [1.82, 2.24) is 4.57 Å². The summed E-state index contributed by atoms with van der Waals surface area (Å²) in [4.78, 5) is 0. The predicted octanol–water partition coefficient (Wildman–Crippen LogP) is 3.83. The summed E-state index contributed by atoms with van der Waals surface area (Å²) in [6.07, 6.45) is 3.28. The molecule has 2 rings (SSSR count). The van der Waals surface area contributed by atoms with Crippen molar-refractivity contribution in [1.29, 1.82) is 0 Å². The first-order valence-electron chi connectivity index (χ1n) is 6.77. The van der Waals surface area contributed by atoms with Gasteiger partial charge in [-0.3, -0.25) is 0 Å². The monoisotopic (exact) mass is 258 g/mol. The Morgan fingerprint density at radius 3 is 2.84 bits per heavy atom. The maximum Gasteiger partial charge on any atom is 0.142 e. The Bertz CT molecular complexity index is 531. The molecule has 0 aliphatic carbocycles. The van der Waals surface area contributed by atoms with Crippen molar-refractivity contribution >= 4 is 5.69 Å². The molecule has 0 bridgehead atoms. The Hall–Kier alpha value is -1.90. The molecule has 0 aliphatic rings. The third-order valence-electron chi connectivity index (χ3n) is 3.21. The van der Waals surface area contributed by atoms with Gasteiger partial charge in [-0.25, -0.2) is 0 Å². The number of methoxy groups -OCH3 is 1. The van der Waals surface area contributed by atoms with Gasteiger partial charge in [-0.1, -0.05) is 13.0 Å². The zero-order valence-corrected chi connectivity index (χ0v) is 11.9. The summed E-state index contributed by atoms with van der Waals surface area (Å²) in [5, 5.41) is 3.45. The molecule has 1 N–H and O–H groups in total. The summed E-state index contributed by atoms with van der Waals surface area (Å²) in [6, 6.07) is 10.5. The van der Waals surface area contributed by atoms with Gasteiger partial charge in [0.05, 0.1) is 19.3 Å². The van der Waals surface area contributed by atoms with Crippen LogP contribution in [0.25, 0.3) is 0 Å². The molecule has 1 aromatic heterocycles. The minimum absolute atomic E-state index is 0.812. The second-order valence-electron chi connectivity index (χ2n) is 4.75. The van der Waals surface area contributed by atoms with E-state index in [0.29, 0.717) is 0 Å². The highest BCUT2D eigenvalue weighted by Crippen LogP contribution is 2.25. The van der Waals surface area contributed by atoms with Gasteiger partial charge in [0.25, 0.3) is 0 Å². The lowest BCUT2D eigenvalue weighted by atomic mass is 10.2. The van der Waals surface area contributed by atoms with E-state index in [0.717, 1.165) is 30.9 Å². The molecule has 1 heterocycles. The Morgan fingerprint density at radius 1 is 1.26 bits per heavy atom. The van der Waals surface area contributed by atoms with Gasteiger partial charge in [-0.05, 0) is 43.2 Å². The number of anilines is 1. The molecule has 0 saturated carbocycles. The Kier molecular flexibility index (Phi) is 4.50. The van der Waals surface area contributed by atoms with Crippen molar-refractivity contribution in [2.75, 3.05) is 12.4 Å². The number of aryl methyl sites for hydroxylation is 2. The molecular weight excluding hydrogens is 236 g/mol. The summed E-state index contributed by atoms with van der Waals surface area (Å²) >= 11 is 0. The van der Waals surface area contributed by atoms with Gasteiger partial charge in [0.1, 0.15) is 5.75 Å². The van der Waals surface area contributed by atoms with E-state index in [-0.39, 0.29) is 0 Å². The summed E-state index contributed by atoms with van der Waals surface area (Å²) in [5.74, 6) is 0.897. The smallest absolute Gasteiger partial charge is 0.142 e. The molecule has 0 saturated heterocycles. The first kappa shape index (κ1) is 13.5. The van der Waals surface area contributed by atoms with Crippen LogP contribution in [0.4, 0.5) is 5.69 Å². The van der Waals surface area contributed by atoms with Crippen molar-refractivity contribution in [2.45, 2.75) is 33.4 Å². The molecule has 0 radical (unpaired) electrons. The number of aromatic nitrogens is 1. The number of hydrogen-bond acceptors (Lipinski definition) is 2. The summed E-state index contributed by atoms with van der Waals surface area (Å²) < 4.78 is 7.69. The molecule has 2 aromatic rings. The molecule has 0 aliphatic heterocycles. The van der Waals surface area contributed by atoms with Crippen LogP contribution in [0.1, 0.15) is 24.6 Å². The average molecular weight is 258 g/mol. The minimum Gasteiger partial charge on any atom is -0.495 e. The highest BCUT2D eigenvalue weighted by molar-refractivity contribution is 5.57. The first-order chi connectivity index (χ1) is 9.24. The summed E-state index contributed by atoms with van der Waals surface area (Å²) in [7, 11) is 1.71. The van der Waals surface area contributed by atoms with Gasteiger partial charge in [0.2, 0.25) is 0 Å². The van der Waals surface area contributed by atoms with E-state index in [4.69, 9.17) is 4.74 Å². The third-order valence-corrected chi connectivity index (χ3v) is 3.21. The van der Waals surface area contributed by atoms with Crippen LogP contribution < -0.4 is 10.1 Å². The number of hydrogen-bond donors (Lipinski definition) is 1. The zero-order valence-electron chi connectivity index (χ0n) is 11.9. The lowest BCUT2D eigenvalue weighted by molar-refractivity contribution is 0.416. The van der Waals surface area contributed by atoms with Gasteiger partial charge < -0.3 is 14.6 Å². The average Bonchev–Trinajstić information content (AvgIpc) is 2.85. The van der Waals surface area contributed by atoms with Gasteiger partial charge in [0, 0.05) is 18.4 Å². The number of rotatable bonds is 6. The van der Waals surface area contributed by atoms with Gasteiger partial charge in [-0.15, -0.1) is 0 Å². The highest BCUT2D eigenvalue weighted by Gasteiger charge is 2.04. The molecule has 0 unspecified atom stereocenters.